The second kappa shape index (κ2) is 9.14. The zero-order valence-electron chi connectivity index (χ0n) is 16.4. The molecule has 0 aliphatic carbocycles. The molecule has 3 heterocycles. The van der Waals surface area contributed by atoms with Crippen molar-refractivity contribution in [3.8, 4) is 11.3 Å². The largest absolute Gasteiger partial charge is 0.383 e. The third-order valence-electron chi connectivity index (χ3n) is 5.30. The van der Waals surface area contributed by atoms with Crippen LogP contribution in [0, 0.1) is 5.82 Å². The quantitative estimate of drug-likeness (QED) is 0.370. The molecule has 4 rings (SSSR count). The Labute approximate surface area is 189 Å². The average molecular weight is 466 g/mol. The summed E-state index contributed by atoms with van der Waals surface area (Å²) in [6.45, 7) is 3.95. The van der Waals surface area contributed by atoms with E-state index in [0.29, 0.717) is 22.4 Å². The van der Waals surface area contributed by atoms with Gasteiger partial charge in [0.05, 0.1) is 21.9 Å². The predicted octanol–water partition coefficient (Wildman–Crippen LogP) is 5.75. The van der Waals surface area contributed by atoms with Crippen LogP contribution in [0.25, 0.3) is 11.3 Å². The lowest BCUT2D eigenvalue weighted by atomic mass is 10.1. The van der Waals surface area contributed by atoms with Gasteiger partial charge in [0.1, 0.15) is 11.6 Å². The van der Waals surface area contributed by atoms with E-state index >= 15 is 0 Å². The number of piperidine rings is 1. The summed E-state index contributed by atoms with van der Waals surface area (Å²) in [5.74, 6) is -0.0937. The number of anilines is 1. The second-order valence-electron chi connectivity index (χ2n) is 7.31. The number of nitrogens with one attached hydrogen (secondary N) is 1. The van der Waals surface area contributed by atoms with Gasteiger partial charge in [0, 0.05) is 39.8 Å². The maximum Gasteiger partial charge on any atom is 0.142 e. The van der Waals surface area contributed by atoms with E-state index in [1.54, 1.807) is 6.20 Å². The summed E-state index contributed by atoms with van der Waals surface area (Å²) in [6.07, 6.45) is 7.83. The summed E-state index contributed by atoms with van der Waals surface area (Å²) in [5.41, 5.74) is 8.38. The molecule has 1 aliphatic heterocycles. The molecule has 30 heavy (non-hydrogen) atoms. The highest BCUT2D eigenvalue weighted by Crippen LogP contribution is 2.44. The van der Waals surface area contributed by atoms with Crippen LogP contribution in [0.3, 0.4) is 0 Å². The molecule has 1 fully saturated rings. The van der Waals surface area contributed by atoms with Gasteiger partial charge in [-0.05, 0) is 51.1 Å². The molecule has 0 amide bonds. The van der Waals surface area contributed by atoms with Crippen molar-refractivity contribution in [2.24, 2.45) is 0 Å². The number of halogens is 3. The number of rotatable bonds is 5. The van der Waals surface area contributed by atoms with Gasteiger partial charge in [-0.2, -0.15) is 0 Å². The van der Waals surface area contributed by atoms with Crippen molar-refractivity contribution in [2.45, 2.75) is 36.0 Å². The van der Waals surface area contributed by atoms with Crippen LogP contribution in [0.5, 0.6) is 0 Å². The van der Waals surface area contributed by atoms with Crippen LogP contribution >= 0.6 is 35.0 Å². The number of pyridine rings is 1. The summed E-state index contributed by atoms with van der Waals surface area (Å²) >= 11 is 13.9. The molecule has 1 aliphatic rings. The monoisotopic (exact) mass is 465 g/mol. The van der Waals surface area contributed by atoms with Crippen LogP contribution < -0.4 is 11.1 Å². The topological polar surface area (TPSA) is 68.8 Å². The zero-order valence-corrected chi connectivity index (χ0v) is 18.7. The normalized spacial score (nSPS) is 16.0. The molecular weight excluding hydrogens is 444 g/mol. The fourth-order valence-corrected chi connectivity index (χ4v) is 5.58. The standard InChI is InChI=1S/C21H22Cl2FN5S/c1-12(19-15(22)2-3-16(24)20(19)23)30-18-8-13(9-27-21(18)25)17-10-29(11-28-17)14-4-6-26-7-5-14/h2-3,8-12,14,26H,4-7H2,1H3,(H2,25,27). The second-order valence-corrected chi connectivity index (χ2v) is 9.48. The van der Waals surface area contributed by atoms with E-state index in [2.05, 4.69) is 26.0 Å². The van der Waals surface area contributed by atoms with Crippen LogP contribution in [0.2, 0.25) is 10.0 Å². The Morgan fingerprint density at radius 3 is 2.80 bits per heavy atom. The van der Waals surface area contributed by atoms with E-state index in [1.807, 2.05) is 19.3 Å². The van der Waals surface area contributed by atoms with E-state index in [9.17, 15) is 4.39 Å². The molecule has 0 saturated carbocycles. The Hall–Kier alpha value is -1.80. The minimum atomic E-state index is -0.494. The van der Waals surface area contributed by atoms with Gasteiger partial charge in [0.2, 0.25) is 0 Å². The number of nitrogens with zero attached hydrogens (tertiary/aromatic N) is 3. The van der Waals surface area contributed by atoms with Crippen molar-refractivity contribution in [1.82, 2.24) is 19.9 Å². The van der Waals surface area contributed by atoms with Crippen LogP contribution in [0.4, 0.5) is 10.2 Å². The first-order valence-electron chi connectivity index (χ1n) is 9.74. The number of benzene rings is 1. The van der Waals surface area contributed by atoms with Gasteiger partial charge in [-0.15, -0.1) is 11.8 Å². The highest BCUT2D eigenvalue weighted by Gasteiger charge is 2.20. The van der Waals surface area contributed by atoms with E-state index < -0.39 is 5.82 Å². The Morgan fingerprint density at radius 2 is 2.03 bits per heavy atom. The van der Waals surface area contributed by atoms with E-state index in [1.165, 1.54) is 23.9 Å². The fourth-order valence-electron chi connectivity index (χ4n) is 3.64. The van der Waals surface area contributed by atoms with E-state index in [4.69, 9.17) is 28.9 Å². The van der Waals surface area contributed by atoms with Gasteiger partial charge < -0.3 is 15.6 Å². The number of thioether (sulfide) groups is 1. The number of aromatic nitrogens is 3. The molecule has 2 aromatic heterocycles. The first kappa shape index (κ1) is 21.4. The molecule has 1 saturated heterocycles. The van der Waals surface area contributed by atoms with Gasteiger partial charge in [0.25, 0.3) is 0 Å². The van der Waals surface area contributed by atoms with Crippen molar-refractivity contribution in [3.05, 3.63) is 58.3 Å². The number of hydrogen-bond acceptors (Lipinski definition) is 5. The van der Waals surface area contributed by atoms with Gasteiger partial charge in [-0.25, -0.2) is 14.4 Å². The molecule has 1 atom stereocenters. The van der Waals surface area contributed by atoms with Crippen molar-refractivity contribution in [2.75, 3.05) is 18.8 Å². The lowest BCUT2D eigenvalue weighted by Crippen LogP contribution is -2.28. The molecule has 1 unspecified atom stereocenters. The van der Waals surface area contributed by atoms with Crippen LogP contribution in [-0.4, -0.2) is 27.6 Å². The van der Waals surface area contributed by atoms with Gasteiger partial charge in [-0.3, -0.25) is 0 Å². The smallest absolute Gasteiger partial charge is 0.142 e. The Balaban J connectivity index is 1.58. The average Bonchev–Trinajstić information content (AvgIpc) is 3.24. The Morgan fingerprint density at radius 1 is 1.27 bits per heavy atom. The highest BCUT2D eigenvalue weighted by atomic mass is 35.5. The summed E-state index contributed by atoms with van der Waals surface area (Å²) < 4.78 is 16.1. The van der Waals surface area contributed by atoms with Crippen molar-refractivity contribution < 1.29 is 4.39 Å². The molecule has 3 N–H and O–H groups in total. The maximum absolute atomic E-state index is 13.9. The van der Waals surface area contributed by atoms with Crippen molar-refractivity contribution in [1.29, 1.82) is 0 Å². The molecule has 158 valence electrons. The molecule has 3 aromatic rings. The number of nitrogen functional groups attached to an aromatic ring is 1. The molecule has 5 nitrogen and oxygen atoms in total. The first-order chi connectivity index (χ1) is 14.4. The summed E-state index contributed by atoms with van der Waals surface area (Å²) in [6, 6.07) is 5.20. The van der Waals surface area contributed by atoms with Gasteiger partial charge in [-0.1, -0.05) is 23.2 Å². The third kappa shape index (κ3) is 4.44. The van der Waals surface area contributed by atoms with Crippen LogP contribution in [-0.2, 0) is 0 Å². The van der Waals surface area contributed by atoms with E-state index in [-0.39, 0.29) is 10.3 Å². The highest BCUT2D eigenvalue weighted by molar-refractivity contribution is 7.99. The fraction of sp³-hybridized carbons (Fsp3) is 0.333. The molecule has 0 bridgehead atoms. The van der Waals surface area contributed by atoms with Gasteiger partial charge >= 0.3 is 0 Å². The summed E-state index contributed by atoms with van der Waals surface area (Å²) in [4.78, 5) is 9.69. The molecule has 9 heteroatoms. The van der Waals surface area contributed by atoms with Crippen LogP contribution in [0.15, 0.2) is 41.8 Å². The minimum absolute atomic E-state index is 0.0332. The predicted molar refractivity (Wildman–Crippen MR) is 122 cm³/mol. The van der Waals surface area contributed by atoms with Crippen LogP contribution in [0.1, 0.15) is 36.6 Å². The van der Waals surface area contributed by atoms with Gasteiger partial charge in [0.15, 0.2) is 0 Å². The lowest BCUT2D eigenvalue weighted by molar-refractivity contribution is 0.368. The summed E-state index contributed by atoms with van der Waals surface area (Å²) in [7, 11) is 0. The molecule has 0 radical (unpaired) electrons. The third-order valence-corrected chi connectivity index (χ3v) is 7.18. The zero-order chi connectivity index (χ0) is 21.3. The number of nitrogens with two attached hydrogens (primary N) is 1. The first-order valence-corrected chi connectivity index (χ1v) is 11.4. The molecule has 0 spiro atoms. The number of hydrogen-bond donors (Lipinski definition) is 2. The summed E-state index contributed by atoms with van der Waals surface area (Å²) in [5, 5.41) is 3.62. The van der Waals surface area contributed by atoms with Crippen molar-refractivity contribution >= 4 is 40.8 Å². The maximum atomic E-state index is 13.9. The van der Waals surface area contributed by atoms with Crippen molar-refractivity contribution in [3.63, 3.8) is 0 Å². The Kier molecular flexibility index (Phi) is 6.53. The molecular formula is C21H22Cl2FN5S. The Bertz CT molecular complexity index is 1050. The van der Waals surface area contributed by atoms with E-state index in [0.717, 1.165) is 42.1 Å². The molecule has 1 aromatic carbocycles. The number of imidazole rings is 1. The lowest BCUT2D eigenvalue weighted by Gasteiger charge is -2.23. The SMILES string of the molecule is CC(Sc1cc(-c2cn(C3CCNCC3)cn2)cnc1N)c1c(Cl)ccc(F)c1Cl. The minimum Gasteiger partial charge on any atom is -0.383 e.